The molecule has 0 saturated carbocycles. The predicted molar refractivity (Wildman–Crippen MR) is 99.9 cm³/mol. The van der Waals surface area contributed by atoms with Crippen LogP contribution in [0.3, 0.4) is 0 Å². The lowest BCUT2D eigenvalue weighted by Crippen LogP contribution is -1.89. The summed E-state index contributed by atoms with van der Waals surface area (Å²) in [7, 11) is 0. The van der Waals surface area contributed by atoms with Crippen LogP contribution in [0, 0.1) is 0 Å². The fourth-order valence-corrected chi connectivity index (χ4v) is 3.26. The van der Waals surface area contributed by atoms with Crippen molar-refractivity contribution in [3.8, 4) is 11.5 Å². The zero-order chi connectivity index (χ0) is 15.9. The molecule has 4 heteroatoms. The Labute approximate surface area is 145 Å². The summed E-state index contributed by atoms with van der Waals surface area (Å²) < 4.78 is 0. The number of imidazole rings is 1. The minimum absolute atomic E-state index is 0.852. The molecule has 0 amide bonds. The van der Waals surface area contributed by atoms with Crippen LogP contribution in [-0.2, 0) is 6.42 Å². The molecular weight excluding hydrogens is 350 g/mol. The summed E-state index contributed by atoms with van der Waals surface area (Å²) in [6, 6.07) is 12.3. The van der Waals surface area contributed by atoms with Crippen molar-refractivity contribution < 1.29 is 0 Å². The topological polar surface area (TPSA) is 41.6 Å². The van der Waals surface area contributed by atoms with Crippen molar-refractivity contribution in [3.05, 3.63) is 48.2 Å². The van der Waals surface area contributed by atoms with Gasteiger partial charge in [0.05, 0.1) is 11.0 Å². The van der Waals surface area contributed by atoms with Gasteiger partial charge in [-0.3, -0.25) is 4.98 Å². The van der Waals surface area contributed by atoms with Crippen molar-refractivity contribution >= 4 is 27.0 Å². The highest BCUT2D eigenvalue weighted by Crippen LogP contribution is 2.23. The Morgan fingerprint density at radius 2 is 1.78 bits per heavy atom. The molecule has 3 rings (SSSR count). The summed E-state index contributed by atoms with van der Waals surface area (Å²) in [6.45, 7) is 0. The van der Waals surface area contributed by atoms with E-state index in [-0.39, 0.29) is 0 Å². The molecule has 0 radical (unpaired) electrons. The number of halogens is 1. The SMILES string of the molecule is BrCCCCCCCc1cccc2nc(-c3ccccn3)[nH]c12. The second-order valence-corrected chi connectivity index (χ2v) is 6.61. The van der Waals surface area contributed by atoms with Gasteiger partial charge in [-0.05, 0) is 43.0 Å². The Morgan fingerprint density at radius 3 is 2.61 bits per heavy atom. The Morgan fingerprint density at radius 1 is 0.913 bits per heavy atom. The molecular formula is C19H22BrN3. The zero-order valence-electron chi connectivity index (χ0n) is 13.3. The second-order valence-electron chi connectivity index (χ2n) is 5.82. The quantitative estimate of drug-likeness (QED) is 0.418. The second kappa shape index (κ2) is 8.25. The van der Waals surface area contributed by atoms with Gasteiger partial charge in [0.15, 0.2) is 5.82 Å². The minimum atomic E-state index is 0.852. The van der Waals surface area contributed by atoms with Crippen LogP contribution < -0.4 is 0 Å². The Balaban J connectivity index is 1.70. The van der Waals surface area contributed by atoms with Crippen LogP contribution >= 0.6 is 15.9 Å². The number of rotatable bonds is 8. The molecule has 0 aliphatic rings. The first kappa shape index (κ1) is 16.2. The van der Waals surface area contributed by atoms with Gasteiger partial charge < -0.3 is 4.98 Å². The molecule has 0 unspecified atom stereocenters. The molecule has 1 N–H and O–H groups in total. The highest BCUT2D eigenvalue weighted by molar-refractivity contribution is 9.09. The van der Waals surface area contributed by atoms with E-state index in [9.17, 15) is 0 Å². The largest absolute Gasteiger partial charge is 0.336 e. The summed E-state index contributed by atoms with van der Waals surface area (Å²) in [4.78, 5) is 12.5. The van der Waals surface area contributed by atoms with E-state index in [0.29, 0.717) is 0 Å². The van der Waals surface area contributed by atoms with Crippen LogP contribution in [-0.4, -0.2) is 20.3 Å². The van der Waals surface area contributed by atoms with E-state index in [2.05, 4.69) is 49.1 Å². The lowest BCUT2D eigenvalue weighted by atomic mass is 10.0. The van der Waals surface area contributed by atoms with Gasteiger partial charge in [-0.15, -0.1) is 0 Å². The van der Waals surface area contributed by atoms with E-state index in [1.54, 1.807) is 6.20 Å². The van der Waals surface area contributed by atoms with Crippen LogP contribution in [0.25, 0.3) is 22.6 Å². The number of aromatic amines is 1. The van der Waals surface area contributed by atoms with E-state index in [0.717, 1.165) is 34.3 Å². The van der Waals surface area contributed by atoms with E-state index in [1.807, 2.05) is 18.2 Å². The van der Waals surface area contributed by atoms with Crippen molar-refractivity contribution in [2.45, 2.75) is 38.5 Å². The molecule has 0 fully saturated rings. The third-order valence-electron chi connectivity index (χ3n) is 4.09. The number of pyridine rings is 1. The van der Waals surface area contributed by atoms with Gasteiger partial charge >= 0.3 is 0 Å². The first-order valence-electron chi connectivity index (χ1n) is 8.33. The third kappa shape index (κ3) is 4.20. The van der Waals surface area contributed by atoms with Crippen LogP contribution in [0.5, 0.6) is 0 Å². The van der Waals surface area contributed by atoms with E-state index < -0.39 is 0 Å². The lowest BCUT2D eigenvalue weighted by molar-refractivity contribution is 0.636. The fourth-order valence-electron chi connectivity index (χ4n) is 2.86. The highest BCUT2D eigenvalue weighted by Gasteiger charge is 2.09. The van der Waals surface area contributed by atoms with Crippen LogP contribution in [0.2, 0.25) is 0 Å². The van der Waals surface area contributed by atoms with Gasteiger partial charge in [-0.25, -0.2) is 4.98 Å². The van der Waals surface area contributed by atoms with Gasteiger partial charge in [-0.2, -0.15) is 0 Å². The number of unbranched alkanes of at least 4 members (excludes halogenated alkanes) is 4. The number of nitrogens with one attached hydrogen (secondary N) is 1. The summed E-state index contributed by atoms with van der Waals surface area (Å²) in [5.74, 6) is 0.852. The van der Waals surface area contributed by atoms with Crippen molar-refractivity contribution in [1.82, 2.24) is 15.0 Å². The predicted octanol–water partition coefficient (Wildman–Crippen LogP) is 5.51. The number of para-hydroxylation sites is 1. The maximum Gasteiger partial charge on any atom is 0.157 e. The smallest absolute Gasteiger partial charge is 0.157 e. The minimum Gasteiger partial charge on any atom is -0.336 e. The molecule has 2 aromatic heterocycles. The van der Waals surface area contributed by atoms with Gasteiger partial charge in [0.1, 0.15) is 5.69 Å². The zero-order valence-corrected chi connectivity index (χ0v) is 14.8. The molecule has 3 nitrogen and oxygen atoms in total. The number of alkyl halides is 1. The summed E-state index contributed by atoms with van der Waals surface area (Å²) >= 11 is 3.49. The molecule has 1 aromatic carbocycles. The van der Waals surface area contributed by atoms with E-state index >= 15 is 0 Å². The van der Waals surface area contributed by atoms with Gasteiger partial charge in [0.2, 0.25) is 0 Å². The molecule has 0 bridgehead atoms. The summed E-state index contributed by atoms with van der Waals surface area (Å²) in [6.07, 6.45) is 9.37. The van der Waals surface area contributed by atoms with Crippen LogP contribution in [0.15, 0.2) is 42.6 Å². The molecule has 120 valence electrons. The number of nitrogens with zero attached hydrogens (tertiary/aromatic N) is 2. The molecule has 0 aliphatic heterocycles. The standard InChI is InChI=1S/C19H22BrN3/c20-13-6-3-1-2-4-9-15-10-8-12-16-18(15)23-19(22-16)17-11-5-7-14-21-17/h5,7-8,10-12,14H,1-4,6,9,13H2,(H,22,23). The monoisotopic (exact) mass is 371 g/mol. The van der Waals surface area contributed by atoms with Crippen molar-refractivity contribution in [3.63, 3.8) is 0 Å². The van der Waals surface area contributed by atoms with Crippen molar-refractivity contribution in [2.24, 2.45) is 0 Å². The maximum atomic E-state index is 4.69. The molecule has 2 heterocycles. The number of hydrogen-bond acceptors (Lipinski definition) is 2. The molecule has 23 heavy (non-hydrogen) atoms. The van der Waals surface area contributed by atoms with Gasteiger partial charge in [0.25, 0.3) is 0 Å². The number of aromatic nitrogens is 3. The van der Waals surface area contributed by atoms with Crippen molar-refractivity contribution in [2.75, 3.05) is 5.33 Å². The molecule has 0 saturated heterocycles. The number of benzene rings is 1. The maximum absolute atomic E-state index is 4.69. The molecule has 0 spiro atoms. The highest BCUT2D eigenvalue weighted by atomic mass is 79.9. The van der Waals surface area contributed by atoms with Gasteiger partial charge in [-0.1, -0.05) is 53.4 Å². The Bertz CT molecular complexity index is 737. The Kier molecular flexibility index (Phi) is 5.81. The van der Waals surface area contributed by atoms with Crippen LogP contribution in [0.1, 0.15) is 37.7 Å². The van der Waals surface area contributed by atoms with Gasteiger partial charge in [0, 0.05) is 11.5 Å². The van der Waals surface area contributed by atoms with Crippen LogP contribution in [0.4, 0.5) is 0 Å². The molecule has 0 aliphatic carbocycles. The fraction of sp³-hybridized carbons (Fsp3) is 0.368. The number of fused-ring (bicyclic) bond motifs is 1. The third-order valence-corrected chi connectivity index (χ3v) is 4.65. The Hall–Kier alpha value is -1.68. The van der Waals surface area contributed by atoms with E-state index in [4.69, 9.17) is 0 Å². The summed E-state index contributed by atoms with van der Waals surface area (Å²) in [5.41, 5.74) is 4.44. The molecule has 0 atom stereocenters. The first-order chi connectivity index (χ1) is 11.4. The number of H-pyrrole nitrogens is 1. The average molecular weight is 372 g/mol. The van der Waals surface area contributed by atoms with E-state index in [1.165, 1.54) is 37.7 Å². The number of hydrogen-bond donors (Lipinski definition) is 1. The van der Waals surface area contributed by atoms with Crippen molar-refractivity contribution in [1.29, 1.82) is 0 Å². The lowest BCUT2D eigenvalue weighted by Gasteiger charge is -2.03. The first-order valence-corrected chi connectivity index (χ1v) is 9.45. The number of aryl methyl sites for hydroxylation is 1. The normalized spacial score (nSPS) is 11.2. The molecule has 3 aromatic rings. The average Bonchev–Trinajstić information content (AvgIpc) is 3.04. The summed E-state index contributed by atoms with van der Waals surface area (Å²) in [5, 5.41) is 1.12.